The summed E-state index contributed by atoms with van der Waals surface area (Å²) in [5.74, 6) is -1.01. The molecule has 0 spiro atoms. The highest BCUT2D eigenvalue weighted by Crippen LogP contribution is 2.17. The summed E-state index contributed by atoms with van der Waals surface area (Å²) < 4.78 is 18.0. The third-order valence-electron chi connectivity index (χ3n) is 2.18. The number of aromatic nitrogens is 2. The summed E-state index contributed by atoms with van der Waals surface area (Å²) in [6.07, 6.45) is 0. The van der Waals surface area contributed by atoms with Crippen molar-refractivity contribution in [3.63, 3.8) is 0 Å². The number of nitrogens with one attached hydrogen (secondary N) is 1. The molecule has 2 aromatic rings. The monoisotopic (exact) mass is 314 g/mol. The Morgan fingerprint density at radius 3 is 2.94 bits per heavy atom. The molecule has 1 heterocycles. The fourth-order valence-corrected chi connectivity index (χ4v) is 1.68. The Balaban J connectivity index is 2.06. The van der Waals surface area contributed by atoms with Gasteiger partial charge in [0, 0.05) is 11.0 Å². The van der Waals surface area contributed by atoms with Crippen molar-refractivity contribution in [2.45, 2.75) is 6.54 Å². The molecule has 0 atom stereocenters. The van der Waals surface area contributed by atoms with Crippen LogP contribution in [0.1, 0.15) is 16.1 Å². The minimum absolute atomic E-state index is 0.0918. The smallest absolute Gasteiger partial charge is 0.277 e. The van der Waals surface area contributed by atoms with Crippen molar-refractivity contribution in [2.75, 3.05) is 5.73 Å². The predicted molar refractivity (Wildman–Crippen MR) is 64.0 cm³/mol. The summed E-state index contributed by atoms with van der Waals surface area (Å²) in [7, 11) is 0. The standard InChI is InChI=1S/C10H8BrFN4O2/c11-7-2-1-6(12)3-5(7)4-14-10(17)8-9(13)16-18-15-8/h1-3H,4H2,(H2,13,16)(H,14,17). The summed E-state index contributed by atoms with van der Waals surface area (Å²) in [6.45, 7) is 0.128. The topological polar surface area (TPSA) is 94.0 Å². The van der Waals surface area contributed by atoms with Crippen LogP contribution in [0.4, 0.5) is 10.2 Å². The molecule has 1 aromatic heterocycles. The van der Waals surface area contributed by atoms with Gasteiger partial charge in [0.15, 0.2) is 0 Å². The minimum Gasteiger partial charge on any atom is -0.379 e. The van der Waals surface area contributed by atoms with E-state index in [1.165, 1.54) is 12.1 Å². The average Bonchev–Trinajstić information content (AvgIpc) is 2.76. The highest BCUT2D eigenvalue weighted by Gasteiger charge is 2.15. The summed E-state index contributed by atoms with van der Waals surface area (Å²) in [6, 6.07) is 4.19. The molecule has 0 saturated carbocycles. The number of carbonyl (C=O) groups is 1. The zero-order valence-corrected chi connectivity index (χ0v) is 10.6. The van der Waals surface area contributed by atoms with Gasteiger partial charge in [-0.15, -0.1) is 0 Å². The average molecular weight is 315 g/mol. The third-order valence-corrected chi connectivity index (χ3v) is 2.95. The van der Waals surface area contributed by atoms with E-state index in [-0.39, 0.29) is 23.9 Å². The van der Waals surface area contributed by atoms with Crippen LogP contribution in [0, 0.1) is 5.82 Å². The molecule has 6 nitrogen and oxygen atoms in total. The van der Waals surface area contributed by atoms with Gasteiger partial charge in [-0.2, -0.15) is 0 Å². The Labute approximate surface area is 109 Å². The molecule has 18 heavy (non-hydrogen) atoms. The van der Waals surface area contributed by atoms with Crippen molar-refractivity contribution in [1.82, 2.24) is 15.6 Å². The largest absolute Gasteiger partial charge is 0.379 e. The normalized spacial score (nSPS) is 10.3. The zero-order valence-electron chi connectivity index (χ0n) is 8.98. The van der Waals surface area contributed by atoms with E-state index in [9.17, 15) is 9.18 Å². The number of hydrogen-bond donors (Lipinski definition) is 2. The van der Waals surface area contributed by atoms with E-state index in [1.807, 2.05) is 0 Å². The maximum atomic E-state index is 13.0. The van der Waals surface area contributed by atoms with E-state index in [0.29, 0.717) is 10.0 Å². The lowest BCUT2D eigenvalue weighted by Crippen LogP contribution is -2.24. The van der Waals surface area contributed by atoms with Gasteiger partial charge in [0.2, 0.25) is 11.5 Å². The van der Waals surface area contributed by atoms with Gasteiger partial charge in [-0.25, -0.2) is 9.02 Å². The fourth-order valence-electron chi connectivity index (χ4n) is 1.29. The highest BCUT2D eigenvalue weighted by atomic mass is 79.9. The number of benzene rings is 1. The predicted octanol–water partition coefficient (Wildman–Crippen LogP) is 1.48. The summed E-state index contributed by atoms with van der Waals surface area (Å²) in [5.41, 5.74) is 5.87. The van der Waals surface area contributed by atoms with E-state index in [1.54, 1.807) is 6.07 Å². The molecule has 0 aliphatic heterocycles. The van der Waals surface area contributed by atoms with E-state index >= 15 is 0 Å². The molecule has 0 radical (unpaired) electrons. The van der Waals surface area contributed by atoms with E-state index in [2.05, 4.69) is 36.2 Å². The summed E-state index contributed by atoms with van der Waals surface area (Å²) in [5, 5.41) is 9.18. The lowest BCUT2D eigenvalue weighted by Gasteiger charge is -2.05. The Kier molecular flexibility index (Phi) is 3.56. The van der Waals surface area contributed by atoms with E-state index < -0.39 is 5.91 Å². The van der Waals surface area contributed by atoms with Crippen molar-refractivity contribution >= 4 is 27.7 Å². The molecule has 0 fully saturated rings. The van der Waals surface area contributed by atoms with Crippen LogP contribution in [0.5, 0.6) is 0 Å². The lowest BCUT2D eigenvalue weighted by atomic mass is 10.2. The van der Waals surface area contributed by atoms with Crippen molar-refractivity contribution in [3.05, 3.63) is 39.7 Å². The molecule has 8 heteroatoms. The van der Waals surface area contributed by atoms with Crippen molar-refractivity contribution in [1.29, 1.82) is 0 Å². The van der Waals surface area contributed by atoms with Gasteiger partial charge in [-0.3, -0.25) is 4.79 Å². The Hall–Kier alpha value is -1.96. The number of halogens is 2. The first-order chi connectivity index (χ1) is 8.58. The molecule has 1 aromatic carbocycles. The molecule has 0 bridgehead atoms. The first kappa shape index (κ1) is 12.5. The Morgan fingerprint density at radius 1 is 1.50 bits per heavy atom. The molecule has 94 valence electrons. The van der Waals surface area contributed by atoms with Crippen LogP contribution in [0.25, 0.3) is 0 Å². The Morgan fingerprint density at radius 2 is 2.28 bits per heavy atom. The number of carbonyl (C=O) groups excluding carboxylic acids is 1. The first-order valence-corrected chi connectivity index (χ1v) is 5.67. The van der Waals surface area contributed by atoms with Gasteiger partial charge in [0.05, 0.1) is 0 Å². The van der Waals surface area contributed by atoms with Gasteiger partial charge in [-0.05, 0) is 34.1 Å². The minimum atomic E-state index is -0.537. The quantitative estimate of drug-likeness (QED) is 0.895. The molecule has 1 amide bonds. The van der Waals surface area contributed by atoms with E-state index in [4.69, 9.17) is 5.73 Å². The van der Waals surface area contributed by atoms with Crippen LogP contribution in [-0.4, -0.2) is 16.2 Å². The SMILES string of the molecule is Nc1nonc1C(=O)NCc1cc(F)ccc1Br. The third kappa shape index (κ3) is 2.65. The van der Waals surface area contributed by atoms with Crippen LogP contribution in [0.15, 0.2) is 27.3 Å². The van der Waals surface area contributed by atoms with Crippen molar-refractivity contribution < 1.29 is 13.8 Å². The molecular formula is C10H8BrFN4O2. The molecule has 2 rings (SSSR count). The molecule has 0 saturated heterocycles. The highest BCUT2D eigenvalue weighted by molar-refractivity contribution is 9.10. The zero-order chi connectivity index (χ0) is 13.1. The number of anilines is 1. The molecule has 0 unspecified atom stereocenters. The number of amides is 1. The fraction of sp³-hybridized carbons (Fsp3) is 0.100. The van der Waals surface area contributed by atoms with Crippen LogP contribution in [0.2, 0.25) is 0 Å². The van der Waals surface area contributed by atoms with Gasteiger partial charge >= 0.3 is 0 Å². The molecular weight excluding hydrogens is 307 g/mol. The molecule has 3 N–H and O–H groups in total. The van der Waals surface area contributed by atoms with Crippen molar-refractivity contribution in [3.8, 4) is 0 Å². The van der Waals surface area contributed by atoms with Gasteiger partial charge in [0.1, 0.15) is 5.82 Å². The van der Waals surface area contributed by atoms with Crippen LogP contribution in [0.3, 0.4) is 0 Å². The summed E-state index contributed by atoms with van der Waals surface area (Å²) >= 11 is 3.25. The number of rotatable bonds is 3. The lowest BCUT2D eigenvalue weighted by molar-refractivity contribution is 0.0941. The van der Waals surface area contributed by atoms with Crippen molar-refractivity contribution in [2.24, 2.45) is 0 Å². The van der Waals surface area contributed by atoms with Gasteiger partial charge in [0.25, 0.3) is 5.91 Å². The molecule has 0 aliphatic carbocycles. The van der Waals surface area contributed by atoms with Crippen LogP contribution >= 0.6 is 15.9 Å². The van der Waals surface area contributed by atoms with Gasteiger partial charge in [-0.1, -0.05) is 15.9 Å². The van der Waals surface area contributed by atoms with Crippen LogP contribution in [-0.2, 0) is 6.54 Å². The first-order valence-electron chi connectivity index (χ1n) is 4.88. The second kappa shape index (κ2) is 5.13. The van der Waals surface area contributed by atoms with Gasteiger partial charge < -0.3 is 11.1 Å². The maximum Gasteiger partial charge on any atom is 0.277 e. The number of hydrogen-bond acceptors (Lipinski definition) is 5. The maximum absolute atomic E-state index is 13.0. The van der Waals surface area contributed by atoms with E-state index in [0.717, 1.165) is 0 Å². The second-order valence-corrected chi connectivity index (χ2v) is 4.27. The number of nitrogen functional groups attached to an aromatic ring is 1. The number of nitrogens with zero attached hydrogens (tertiary/aromatic N) is 2. The summed E-state index contributed by atoms with van der Waals surface area (Å²) in [4.78, 5) is 11.6. The molecule has 0 aliphatic rings. The van der Waals surface area contributed by atoms with Crippen LogP contribution < -0.4 is 11.1 Å². The number of nitrogens with two attached hydrogens (primary N) is 1. The Bertz CT molecular complexity index is 587. The second-order valence-electron chi connectivity index (χ2n) is 3.42.